The quantitative estimate of drug-likeness (QED) is 0.844. The third kappa shape index (κ3) is 2.44. The number of nitrogens with one attached hydrogen (secondary N) is 1. The van der Waals surface area contributed by atoms with Gasteiger partial charge in [-0.3, -0.25) is 0 Å². The molecule has 3 rings (SSSR count). The summed E-state index contributed by atoms with van der Waals surface area (Å²) in [4.78, 5) is 6.92. The maximum Gasteiger partial charge on any atom is 0.128 e. The summed E-state index contributed by atoms with van der Waals surface area (Å²) in [5, 5.41) is 3.65. The first-order chi connectivity index (χ1) is 8.43. The van der Waals surface area contributed by atoms with Crippen molar-refractivity contribution in [1.29, 1.82) is 0 Å². The molecule has 1 N–H and O–H groups in total. The molecule has 0 radical (unpaired) electrons. The van der Waals surface area contributed by atoms with E-state index in [0.29, 0.717) is 0 Å². The fourth-order valence-electron chi connectivity index (χ4n) is 3.20. The van der Waals surface area contributed by atoms with Gasteiger partial charge in [-0.25, -0.2) is 4.98 Å². The molecule has 2 fully saturated rings. The van der Waals surface area contributed by atoms with E-state index in [-0.39, 0.29) is 0 Å². The molecular formula is C14H21N3. The number of pyridine rings is 1. The van der Waals surface area contributed by atoms with Gasteiger partial charge in [0.2, 0.25) is 0 Å². The molecule has 0 amide bonds. The maximum atomic E-state index is 4.47. The van der Waals surface area contributed by atoms with Crippen molar-refractivity contribution in [2.75, 3.05) is 24.5 Å². The number of aromatic nitrogens is 1. The molecule has 0 saturated carbocycles. The lowest BCUT2D eigenvalue weighted by molar-refractivity contribution is 0.328. The molecule has 0 spiro atoms. The van der Waals surface area contributed by atoms with Crippen molar-refractivity contribution in [3.05, 3.63) is 24.4 Å². The van der Waals surface area contributed by atoms with Gasteiger partial charge in [0, 0.05) is 25.3 Å². The Morgan fingerprint density at radius 2 is 2.24 bits per heavy atom. The topological polar surface area (TPSA) is 28.2 Å². The van der Waals surface area contributed by atoms with Crippen LogP contribution in [0.1, 0.15) is 25.7 Å². The van der Waals surface area contributed by atoms with Crippen LogP contribution in [0.2, 0.25) is 0 Å². The van der Waals surface area contributed by atoms with Gasteiger partial charge in [0.05, 0.1) is 0 Å². The monoisotopic (exact) mass is 231 g/mol. The van der Waals surface area contributed by atoms with Gasteiger partial charge in [0.1, 0.15) is 5.82 Å². The lowest BCUT2D eigenvalue weighted by atomic mass is 9.90. The molecule has 3 heteroatoms. The molecule has 1 aromatic rings. The minimum atomic E-state index is 0.751. The SMILES string of the molecule is c1ccc(N2CCCC(C3CCCN3)C2)nc1. The molecule has 2 unspecified atom stereocenters. The Morgan fingerprint density at radius 3 is 3.00 bits per heavy atom. The lowest BCUT2D eigenvalue weighted by Crippen LogP contribution is -2.43. The van der Waals surface area contributed by atoms with Crippen LogP contribution in [-0.2, 0) is 0 Å². The van der Waals surface area contributed by atoms with Gasteiger partial charge in [-0.2, -0.15) is 0 Å². The molecule has 92 valence electrons. The van der Waals surface area contributed by atoms with Crippen LogP contribution < -0.4 is 10.2 Å². The molecule has 0 bridgehead atoms. The summed E-state index contributed by atoms with van der Waals surface area (Å²) in [6, 6.07) is 6.95. The second kappa shape index (κ2) is 5.05. The molecular weight excluding hydrogens is 210 g/mol. The third-order valence-corrected chi connectivity index (χ3v) is 4.10. The minimum absolute atomic E-state index is 0.751. The van der Waals surface area contributed by atoms with Crippen LogP contribution in [0.4, 0.5) is 5.82 Å². The number of hydrogen-bond acceptors (Lipinski definition) is 3. The van der Waals surface area contributed by atoms with Crippen LogP contribution >= 0.6 is 0 Å². The molecule has 0 aliphatic carbocycles. The molecule has 2 aliphatic rings. The molecule has 2 aliphatic heterocycles. The van der Waals surface area contributed by atoms with Crippen molar-refractivity contribution >= 4 is 5.82 Å². The standard InChI is InChI=1S/C14H21N3/c1-2-8-16-14(7-1)17-10-4-5-12(11-17)13-6-3-9-15-13/h1-2,7-8,12-13,15H,3-6,9-11H2. The van der Waals surface area contributed by atoms with E-state index in [1.54, 1.807) is 0 Å². The zero-order chi connectivity index (χ0) is 11.5. The Balaban J connectivity index is 1.67. The Labute approximate surface area is 103 Å². The zero-order valence-electron chi connectivity index (χ0n) is 10.3. The highest BCUT2D eigenvalue weighted by Crippen LogP contribution is 2.26. The van der Waals surface area contributed by atoms with E-state index < -0.39 is 0 Å². The Bertz CT molecular complexity index is 346. The second-order valence-corrected chi connectivity index (χ2v) is 5.24. The molecule has 3 nitrogen and oxygen atoms in total. The van der Waals surface area contributed by atoms with E-state index in [9.17, 15) is 0 Å². The van der Waals surface area contributed by atoms with E-state index in [2.05, 4.69) is 27.3 Å². The molecule has 0 aromatic carbocycles. The van der Waals surface area contributed by atoms with Crippen LogP contribution in [0, 0.1) is 5.92 Å². The van der Waals surface area contributed by atoms with Gasteiger partial charge >= 0.3 is 0 Å². The summed E-state index contributed by atoms with van der Waals surface area (Å²) in [6.07, 6.45) is 7.29. The number of hydrogen-bond donors (Lipinski definition) is 1. The van der Waals surface area contributed by atoms with Gasteiger partial charge < -0.3 is 10.2 Å². The average molecular weight is 231 g/mol. The van der Waals surface area contributed by atoms with Crippen molar-refractivity contribution in [1.82, 2.24) is 10.3 Å². The van der Waals surface area contributed by atoms with E-state index in [4.69, 9.17) is 0 Å². The highest BCUT2D eigenvalue weighted by molar-refractivity contribution is 5.38. The molecule has 2 atom stereocenters. The first-order valence-electron chi connectivity index (χ1n) is 6.83. The number of rotatable bonds is 2. The summed E-state index contributed by atoms with van der Waals surface area (Å²) >= 11 is 0. The molecule has 17 heavy (non-hydrogen) atoms. The Hall–Kier alpha value is -1.09. The fraction of sp³-hybridized carbons (Fsp3) is 0.643. The molecule has 3 heterocycles. The number of anilines is 1. The number of nitrogens with zero attached hydrogens (tertiary/aromatic N) is 2. The predicted octanol–water partition coefficient (Wildman–Crippen LogP) is 2.05. The van der Waals surface area contributed by atoms with E-state index in [1.807, 2.05) is 12.3 Å². The average Bonchev–Trinajstić information content (AvgIpc) is 2.94. The second-order valence-electron chi connectivity index (χ2n) is 5.24. The number of piperidine rings is 1. The van der Waals surface area contributed by atoms with Crippen molar-refractivity contribution in [2.24, 2.45) is 5.92 Å². The van der Waals surface area contributed by atoms with Crippen molar-refractivity contribution < 1.29 is 0 Å². The highest BCUT2D eigenvalue weighted by atomic mass is 15.2. The van der Waals surface area contributed by atoms with E-state index >= 15 is 0 Å². The predicted molar refractivity (Wildman–Crippen MR) is 70.2 cm³/mol. The maximum absolute atomic E-state index is 4.47. The van der Waals surface area contributed by atoms with E-state index in [1.165, 1.54) is 45.3 Å². The molecule has 2 saturated heterocycles. The van der Waals surface area contributed by atoms with Gasteiger partial charge in [-0.05, 0) is 50.3 Å². The van der Waals surface area contributed by atoms with E-state index in [0.717, 1.165) is 17.8 Å². The van der Waals surface area contributed by atoms with Crippen LogP contribution in [0.25, 0.3) is 0 Å². The van der Waals surface area contributed by atoms with Crippen molar-refractivity contribution in [3.8, 4) is 0 Å². The largest absolute Gasteiger partial charge is 0.356 e. The highest BCUT2D eigenvalue weighted by Gasteiger charge is 2.29. The third-order valence-electron chi connectivity index (χ3n) is 4.10. The minimum Gasteiger partial charge on any atom is -0.356 e. The lowest BCUT2D eigenvalue weighted by Gasteiger charge is -2.36. The molecule has 1 aromatic heterocycles. The van der Waals surface area contributed by atoms with Crippen LogP contribution in [0.15, 0.2) is 24.4 Å². The Kier molecular flexibility index (Phi) is 3.27. The smallest absolute Gasteiger partial charge is 0.128 e. The van der Waals surface area contributed by atoms with Gasteiger partial charge in [-0.1, -0.05) is 6.07 Å². The Morgan fingerprint density at radius 1 is 1.24 bits per heavy atom. The normalized spacial score (nSPS) is 29.5. The summed E-state index contributed by atoms with van der Waals surface area (Å²) < 4.78 is 0. The van der Waals surface area contributed by atoms with Crippen LogP contribution in [0.3, 0.4) is 0 Å². The van der Waals surface area contributed by atoms with Gasteiger partial charge in [0.15, 0.2) is 0 Å². The van der Waals surface area contributed by atoms with Crippen molar-refractivity contribution in [2.45, 2.75) is 31.7 Å². The summed E-state index contributed by atoms with van der Waals surface area (Å²) in [5.41, 5.74) is 0. The van der Waals surface area contributed by atoms with Crippen molar-refractivity contribution in [3.63, 3.8) is 0 Å². The summed E-state index contributed by atoms with van der Waals surface area (Å²) in [7, 11) is 0. The van der Waals surface area contributed by atoms with Gasteiger partial charge in [-0.15, -0.1) is 0 Å². The first-order valence-corrected chi connectivity index (χ1v) is 6.83. The van der Waals surface area contributed by atoms with Crippen LogP contribution in [-0.4, -0.2) is 30.7 Å². The first kappa shape index (κ1) is 11.0. The summed E-state index contributed by atoms with van der Waals surface area (Å²) in [5.74, 6) is 1.96. The fourth-order valence-corrected chi connectivity index (χ4v) is 3.20. The van der Waals surface area contributed by atoms with Crippen LogP contribution in [0.5, 0.6) is 0 Å². The zero-order valence-corrected chi connectivity index (χ0v) is 10.3. The van der Waals surface area contributed by atoms with Gasteiger partial charge in [0.25, 0.3) is 0 Å². The summed E-state index contributed by atoms with van der Waals surface area (Å²) in [6.45, 7) is 3.56.